The first-order valence-corrected chi connectivity index (χ1v) is 14.1. The summed E-state index contributed by atoms with van der Waals surface area (Å²) in [7, 11) is 1.46. The Morgan fingerprint density at radius 1 is 1.22 bits per heavy atom. The lowest BCUT2D eigenvalue weighted by atomic mass is 9.84. The number of hydrogen-bond acceptors (Lipinski definition) is 7. The fraction of sp³-hybridized carbons (Fsp3) is 0.429. The molecule has 41 heavy (non-hydrogen) atoms. The lowest BCUT2D eigenvalue weighted by Crippen LogP contribution is -2.49. The number of hydrogen-bond donors (Lipinski definition) is 3. The molecule has 1 aliphatic heterocycles. The van der Waals surface area contributed by atoms with Gasteiger partial charge in [-0.05, 0) is 41.7 Å². The van der Waals surface area contributed by atoms with Crippen LogP contribution in [0.1, 0.15) is 62.0 Å². The zero-order chi connectivity index (χ0) is 30.5. The summed E-state index contributed by atoms with van der Waals surface area (Å²) in [6, 6.07) is 9.24. The maximum absolute atomic E-state index is 13.5. The zero-order valence-electron chi connectivity index (χ0n) is 23.7. The third-order valence-electron chi connectivity index (χ3n) is 6.74. The molecule has 0 spiro atoms. The van der Waals surface area contributed by atoms with Crippen LogP contribution in [0, 0.1) is 5.92 Å². The van der Waals surface area contributed by atoms with E-state index in [2.05, 4.69) is 10.6 Å². The lowest BCUT2D eigenvalue weighted by Gasteiger charge is -2.30. The molecular weight excluding hydrogens is 552 g/mol. The Hall–Kier alpha value is -3.81. The first-order chi connectivity index (χ1) is 19.2. The van der Waals surface area contributed by atoms with Crippen molar-refractivity contribution in [2.75, 3.05) is 30.4 Å². The molecule has 1 saturated heterocycles. The molecule has 2 unspecified atom stereocenters. The highest BCUT2D eigenvalue weighted by atomic mass is 32.2. The molecule has 13 heteroatoms. The van der Waals surface area contributed by atoms with Gasteiger partial charge in [0.15, 0.2) is 0 Å². The monoisotopic (exact) mass is 587 g/mol. The van der Waals surface area contributed by atoms with Crippen molar-refractivity contribution < 1.29 is 37.8 Å². The van der Waals surface area contributed by atoms with Gasteiger partial charge in [0, 0.05) is 54.3 Å². The summed E-state index contributed by atoms with van der Waals surface area (Å²) in [5.41, 5.74) is 1.91. The number of carbonyl (C=O) groups excluding carboxylic acids is 3. The van der Waals surface area contributed by atoms with Crippen LogP contribution in [0.2, 0.25) is 0 Å². The molecule has 0 aromatic heterocycles. The standard InChI is InChI=1S/C28H36N4O8S/c1-6-18(26(35)36)16-31(41(38)39)15-17-7-9-19(10-8-17)29-25(34)21-13-20(32-12-11-23(33)30-27(32)37)14-22(24(21)40-5)28(2,3)4/h7-10,13-14,18H,6,11-12,15-16H2,1-5H3,(H,29,34)(H,35,36)(H,38,39)(H,30,33,37)/p-1. The topological polar surface area (TPSA) is 168 Å². The minimum atomic E-state index is -2.62. The third kappa shape index (κ3) is 7.90. The summed E-state index contributed by atoms with van der Waals surface area (Å²) < 4.78 is 30.1. The predicted molar refractivity (Wildman–Crippen MR) is 152 cm³/mol. The van der Waals surface area contributed by atoms with Crippen LogP contribution in [0.3, 0.4) is 0 Å². The van der Waals surface area contributed by atoms with E-state index in [4.69, 9.17) is 4.74 Å². The van der Waals surface area contributed by atoms with Crippen LogP contribution in [-0.2, 0) is 32.8 Å². The molecule has 0 radical (unpaired) electrons. The number of methoxy groups -OCH3 is 1. The van der Waals surface area contributed by atoms with E-state index in [1.807, 2.05) is 20.8 Å². The van der Waals surface area contributed by atoms with Crippen LogP contribution in [0.15, 0.2) is 36.4 Å². The number of urea groups is 1. The van der Waals surface area contributed by atoms with Crippen molar-refractivity contribution in [2.24, 2.45) is 5.92 Å². The number of ether oxygens (including phenoxy) is 1. The molecule has 2 aromatic rings. The van der Waals surface area contributed by atoms with Gasteiger partial charge in [-0.25, -0.2) is 9.10 Å². The largest absolute Gasteiger partial charge is 0.760 e. The van der Waals surface area contributed by atoms with Crippen LogP contribution in [0.5, 0.6) is 5.75 Å². The minimum Gasteiger partial charge on any atom is -0.760 e. The Balaban J connectivity index is 1.87. The van der Waals surface area contributed by atoms with Gasteiger partial charge < -0.3 is 19.7 Å². The molecule has 12 nitrogen and oxygen atoms in total. The highest BCUT2D eigenvalue weighted by Gasteiger charge is 2.30. The highest BCUT2D eigenvalue weighted by Crippen LogP contribution is 2.38. The number of imide groups is 1. The third-order valence-corrected chi connectivity index (χ3v) is 7.44. The molecule has 3 rings (SSSR count). The fourth-order valence-corrected chi connectivity index (χ4v) is 4.98. The number of carboxylic acids is 1. The van der Waals surface area contributed by atoms with Crippen LogP contribution >= 0.6 is 0 Å². The average Bonchev–Trinajstić information content (AvgIpc) is 2.90. The molecule has 0 bridgehead atoms. The SMILES string of the molecule is CCC(CN(Cc1ccc(NC(=O)c2cc(N3CCC(=O)NC3=O)cc(C(C)(C)C)c2OC)cc1)S(=O)[O-])C(=O)O. The molecule has 1 aliphatic rings. The molecule has 222 valence electrons. The van der Waals surface area contributed by atoms with Crippen molar-refractivity contribution in [2.45, 2.75) is 52.5 Å². The quantitative estimate of drug-likeness (QED) is 0.336. The smallest absolute Gasteiger partial charge is 0.328 e. The first-order valence-electron chi connectivity index (χ1n) is 13.1. The number of nitrogens with one attached hydrogen (secondary N) is 2. The summed E-state index contributed by atoms with van der Waals surface area (Å²) >= 11 is -2.62. The number of rotatable bonds is 11. The maximum atomic E-state index is 13.5. The lowest BCUT2D eigenvalue weighted by molar-refractivity contribution is -0.142. The second-order valence-corrected chi connectivity index (χ2v) is 11.7. The Kier molecular flexibility index (Phi) is 10.2. The summed E-state index contributed by atoms with van der Waals surface area (Å²) in [5.74, 6) is -2.41. The number of aliphatic carboxylic acids is 1. The second-order valence-electron chi connectivity index (χ2n) is 10.7. The van der Waals surface area contributed by atoms with Crippen molar-refractivity contribution in [3.05, 3.63) is 53.1 Å². The minimum absolute atomic E-state index is 0.0284. The van der Waals surface area contributed by atoms with Crippen molar-refractivity contribution in [1.82, 2.24) is 9.62 Å². The van der Waals surface area contributed by atoms with E-state index < -0.39 is 40.5 Å². The van der Waals surface area contributed by atoms with Crippen molar-refractivity contribution in [3.63, 3.8) is 0 Å². The van der Waals surface area contributed by atoms with Gasteiger partial charge in [-0.3, -0.25) is 28.8 Å². The van der Waals surface area contributed by atoms with Gasteiger partial charge >= 0.3 is 12.0 Å². The molecule has 0 aliphatic carbocycles. The van der Waals surface area contributed by atoms with E-state index in [9.17, 15) is 33.0 Å². The molecule has 1 heterocycles. The van der Waals surface area contributed by atoms with Crippen LogP contribution in [0.4, 0.5) is 16.2 Å². The van der Waals surface area contributed by atoms with Gasteiger partial charge in [-0.15, -0.1) is 0 Å². The van der Waals surface area contributed by atoms with Crippen LogP contribution in [-0.4, -0.2) is 62.2 Å². The van der Waals surface area contributed by atoms with Gasteiger partial charge in [0.25, 0.3) is 5.91 Å². The Morgan fingerprint density at radius 2 is 1.88 bits per heavy atom. The Morgan fingerprint density at radius 3 is 2.39 bits per heavy atom. The summed E-state index contributed by atoms with van der Waals surface area (Å²) in [6.07, 6.45) is 0.416. The summed E-state index contributed by atoms with van der Waals surface area (Å²) in [4.78, 5) is 50.5. The predicted octanol–water partition coefficient (Wildman–Crippen LogP) is 3.40. The molecule has 3 N–H and O–H groups in total. The van der Waals surface area contributed by atoms with E-state index in [-0.39, 0.29) is 43.9 Å². The zero-order valence-corrected chi connectivity index (χ0v) is 24.5. The van der Waals surface area contributed by atoms with Crippen molar-refractivity contribution in [3.8, 4) is 5.75 Å². The number of nitrogens with zero attached hydrogens (tertiary/aromatic N) is 2. The Labute approximate surface area is 241 Å². The van der Waals surface area contributed by atoms with Crippen LogP contribution in [0.25, 0.3) is 0 Å². The Bertz CT molecular complexity index is 1340. The van der Waals surface area contributed by atoms with Gasteiger partial charge in [0.05, 0.1) is 18.6 Å². The molecule has 2 aromatic carbocycles. The van der Waals surface area contributed by atoms with Gasteiger partial charge in [0.2, 0.25) is 5.91 Å². The highest BCUT2D eigenvalue weighted by molar-refractivity contribution is 7.76. The number of benzene rings is 2. The first kappa shape index (κ1) is 31.7. The normalized spacial score (nSPS) is 15.3. The number of anilines is 2. The average molecular weight is 588 g/mol. The van der Waals surface area contributed by atoms with Crippen molar-refractivity contribution >= 4 is 46.5 Å². The van der Waals surface area contributed by atoms with Crippen molar-refractivity contribution in [1.29, 1.82) is 0 Å². The van der Waals surface area contributed by atoms with E-state index in [0.29, 0.717) is 28.3 Å². The number of amides is 4. The second kappa shape index (κ2) is 13.2. The molecular formula is C28H35N4O8S-. The van der Waals surface area contributed by atoms with E-state index >= 15 is 0 Å². The van der Waals surface area contributed by atoms with Gasteiger partial charge in [-0.1, -0.05) is 39.8 Å². The maximum Gasteiger partial charge on any atom is 0.328 e. The van der Waals surface area contributed by atoms with Gasteiger partial charge in [-0.2, -0.15) is 0 Å². The molecule has 4 amide bonds. The molecule has 2 atom stereocenters. The van der Waals surface area contributed by atoms with E-state index in [0.717, 1.165) is 4.31 Å². The van der Waals surface area contributed by atoms with Gasteiger partial charge in [0.1, 0.15) is 5.75 Å². The number of carbonyl (C=O) groups is 4. The van der Waals surface area contributed by atoms with Crippen LogP contribution < -0.4 is 20.3 Å². The fourth-order valence-electron chi connectivity index (χ4n) is 4.43. The summed E-state index contributed by atoms with van der Waals surface area (Å²) in [6.45, 7) is 7.51. The summed E-state index contributed by atoms with van der Waals surface area (Å²) in [5, 5.41) is 14.4. The molecule has 0 saturated carbocycles. The number of carboxylic acid groups (broad SMARTS) is 1. The molecule has 1 fully saturated rings. The van der Waals surface area contributed by atoms with E-state index in [1.54, 1.807) is 43.3 Å². The van der Waals surface area contributed by atoms with E-state index in [1.165, 1.54) is 12.0 Å².